The van der Waals surface area contributed by atoms with Gasteiger partial charge in [0, 0.05) is 16.9 Å². The van der Waals surface area contributed by atoms with Crippen molar-refractivity contribution in [3.63, 3.8) is 0 Å². The number of methoxy groups -OCH3 is 1. The Labute approximate surface area is 200 Å². The summed E-state index contributed by atoms with van der Waals surface area (Å²) in [7, 11) is 1.56. The largest absolute Gasteiger partial charge is 0.493 e. The van der Waals surface area contributed by atoms with E-state index in [-0.39, 0.29) is 12.5 Å². The van der Waals surface area contributed by atoms with Gasteiger partial charge >= 0.3 is 0 Å². The van der Waals surface area contributed by atoms with E-state index >= 15 is 0 Å². The lowest BCUT2D eigenvalue weighted by Crippen LogP contribution is -2.20. The highest BCUT2D eigenvalue weighted by Crippen LogP contribution is 2.34. The molecular formula is C24H22ClIN2O3. The van der Waals surface area contributed by atoms with Crippen molar-refractivity contribution in [3.05, 3.63) is 79.9 Å². The van der Waals surface area contributed by atoms with Crippen LogP contribution < -0.4 is 14.8 Å². The fourth-order valence-corrected chi connectivity index (χ4v) is 3.77. The number of amides is 1. The molecule has 0 heterocycles. The summed E-state index contributed by atoms with van der Waals surface area (Å²) in [5.41, 5.74) is 4.44. The molecule has 0 aliphatic rings. The first-order chi connectivity index (χ1) is 14.9. The minimum Gasteiger partial charge on any atom is -0.493 e. The highest BCUT2D eigenvalue weighted by atomic mass is 127. The second-order valence-electron chi connectivity index (χ2n) is 6.88. The maximum absolute atomic E-state index is 12.3. The Hall–Kier alpha value is -2.58. The quantitative estimate of drug-likeness (QED) is 0.277. The smallest absolute Gasteiger partial charge is 0.262 e. The van der Waals surface area contributed by atoms with Gasteiger partial charge in [-0.1, -0.05) is 35.9 Å². The molecule has 1 amide bonds. The van der Waals surface area contributed by atoms with Crippen molar-refractivity contribution in [1.29, 1.82) is 0 Å². The van der Waals surface area contributed by atoms with Crippen molar-refractivity contribution in [3.8, 4) is 11.5 Å². The first-order valence-corrected chi connectivity index (χ1v) is 11.0. The third kappa shape index (κ3) is 6.21. The summed E-state index contributed by atoms with van der Waals surface area (Å²) < 4.78 is 12.1. The van der Waals surface area contributed by atoms with Crippen molar-refractivity contribution >= 4 is 57.7 Å². The van der Waals surface area contributed by atoms with Crippen molar-refractivity contribution in [2.24, 2.45) is 4.99 Å². The minimum atomic E-state index is -0.289. The summed E-state index contributed by atoms with van der Waals surface area (Å²) in [6.45, 7) is 3.76. The Balaban J connectivity index is 1.70. The van der Waals surface area contributed by atoms with Crippen LogP contribution in [-0.2, 0) is 4.79 Å². The van der Waals surface area contributed by atoms with Crippen LogP contribution in [0.4, 0.5) is 11.4 Å². The highest BCUT2D eigenvalue weighted by molar-refractivity contribution is 14.1. The molecule has 0 saturated heterocycles. The van der Waals surface area contributed by atoms with Gasteiger partial charge in [-0.2, -0.15) is 0 Å². The first-order valence-electron chi connectivity index (χ1n) is 9.53. The molecule has 0 radical (unpaired) electrons. The number of hydrogen-bond donors (Lipinski definition) is 1. The van der Waals surface area contributed by atoms with Crippen LogP contribution in [-0.4, -0.2) is 25.8 Å². The topological polar surface area (TPSA) is 59.9 Å². The van der Waals surface area contributed by atoms with Crippen LogP contribution >= 0.6 is 34.2 Å². The van der Waals surface area contributed by atoms with Crippen molar-refractivity contribution < 1.29 is 14.3 Å². The normalized spacial score (nSPS) is 10.9. The zero-order chi connectivity index (χ0) is 22.4. The van der Waals surface area contributed by atoms with E-state index in [1.807, 2.05) is 56.3 Å². The standard InChI is InChI=1S/C24H22ClIN2O3/c1-15-8-9-18(12-19(15)25)28-23(29)14-31-24-20(26)10-17(11-22(24)30-3)13-27-21-7-5-4-6-16(21)2/h4-13H,14H2,1-3H3,(H,28,29). The van der Waals surface area contributed by atoms with Crippen LogP contribution in [0.15, 0.2) is 59.6 Å². The monoisotopic (exact) mass is 548 g/mol. The molecule has 1 N–H and O–H groups in total. The van der Waals surface area contributed by atoms with Gasteiger partial charge in [0.1, 0.15) is 0 Å². The van der Waals surface area contributed by atoms with E-state index in [1.165, 1.54) is 0 Å². The van der Waals surface area contributed by atoms with Gasteiger partial charge in [-0.15, -0.1) is 0 Å². The summed E-state index contributed by atoms with van der Waals surface area (Å²) in [6, 6.07) is 17.0. The number of nitrogens with zero attached hydrogens (tertiary/aromatic N) is 1. The molecule has 0 aliphatic heterocycles. The molecule has 0 aromatic heterocycles. The number of carbonyl (C=O) groups excluding carboxylic acids is 1. The van der Waals surface area contributed by atoms with Gasteiger partial charge in [-0.3, -0.25) is 9.79 Å². The Morgan fingerprint density at radius 2 is 1.90 bits per heavy atom. The third-order valence-electron chi connectivity index (χ3n) is 4.52. The number of anilines is 1. The maximum Gasteiger partial charge on any atom is 0.262 e. The molecule has 7 heteroatoms. The second-order valence-corrected chi connectivity index (χ2v) is 8.45. The Morgan fingerprint density at radius 3 is 2.61 bits per heavy atom. The predicted molar refractivity (Wildman–Crippen MR) is 134 cm³/mol. The Bertz CT molecular complexity index is 1130. The first kappa shape index (κ1) is 23.1. The zero-order valence-electron chi connectivity index (χ0n) is 17.4. The van der Waals surface area contributed by atoms with E-state index in [9.17, 15) is 4.79 Å². The van der Waals surface area contributed by atoms with Gasteiger partial charge in [-0.05, 0) is 83.5 Å². The van der Waals surface area contributed by atoms with E-state index in [1.54, 1.807) is 25.5 Å². The molecule has 0 spiro atoms. The molecule has 3 aromatic rings. The second kappa shape index (κ2) is 10.6. The molecule has 0 unspecified atom stereocenters. The SMILES string of the molecule is COc1cc(C=Nc2ccccc2C)cc(I)c1OCC(=O)Nc1ccc(C)c(Cl)c1. The lowest BCUT2D eigenvalue weighted by molar-refractivity contribution is -0.118. The van der Waals surface area contributed by atoms with Crippen LogP contribution in [0.5, 0.6) is 11.5 Å². The van der Waals surface area contributed by atoms with E-state index in [4.69, 9.17) is 21.1 Å². The number of benzene rings is 3. The molecule has 0 saturated carbocycles. The number of aryl methyl sites for hydroxylation is 2. The summed E-state index contributed by atoms with van der Waals surface area (Å²) in [6.07, 6.45) is 1.78. The van der Waals surface area contributed by atoms with Gasteiger partial charge in [-0.25, -0.2) is 0 Å². The highest BCUT2D eigenvalue weighted by Gasteiger charge is 2.13. The summed E-state index contributed by atoms with van der Waals surface area (Å²) in [5.74, 6) is 0.750. The zero-order valence-corrected chi connectivity index (χ0v) is 20.3. The Morgan fingerprint density at radius 1 is 1.13 bits per heavy atom. The number of para-hydroxylation sites is 1. The average molecular weight is 549 g/mol. The molecule has 31 heavy (non-hydrogen) atoms. The Kier molecular flexibility index (Phi) is 7.92. The summed E-state index contributed by atoms with van der Waals surface area (Å²) in [5, 5.41) is 3.37. The van der Waals surface area contributed by atoms with E-state index in [0.717, 1.165) is 25.9 Å². The minimum absolute atomic E-state index is 0.158. The van der Waals surface area contributed by atoms with Crippen LogP contribution in [0.2, 0.25) is 5.02 Å². The lowest BCUT2D eigenvalue weighted by Gasteiger charge is -2.14. The summed E-state index contributed by atoms with van der Waals surface area (Å²) >= 11 is 8.27. The third-order valence-corrected chi connectivity index (χ3v) is 5.73. The van der Waals surface area contributed by atoms with Crippen molar-refractivity contribution in [2.45, 2.75) is 13.8 Å². The van der Waals surface area contributed by atoms with E-state index < -0.39 is 0 Å². The number of halogens is 2. The van der Waals surface area contributed by atoms with Gasteiger partial charge in [0.25, 0.3) is 5.91 Å². The molecule has 3 rings (SSSR count). The van der Waals surface area contributed by atoms with Gasteiger partial charge in [0.2, 0.25) is 0 Å². The number of hydrogen-bond acceptors (Lipinski definition) is 4. The van der Waals surface area contributed by atoms with Crippen LogP contribution in [0.1, 0.15) is 16.7 Å². The number of aliphatic imine (C=N–C) groups is 1. The van der Waals surface area contributed by atoms with E-state index in [0.29, 0.717) is 22.2 Å². The molecule has 0 bridgehead atoms. The van der Waals surface area contributed by atoms with E-state index in [2.05, 4.69) is 32.9 Å². The molecule has 0 aliphatic carbocycles. The van der Waals surface area contributed by atoms with Gasteiger partial charge in [0.05, 0.1) is 16.4 Å². The number of carbonyl (C=O) groups is 1. The molecule has 5 nitrogen and oxygen atoms in total. The van der Waals surface area contributed by atoms with Gasteiger partial charge in [0.15, 0.2) is 18.1 Å². The lowest BCUT2D eigenvalue weighted by atomic mass is 10.2. The summed E-state index contributed by atoms with van der Waals surface area (Å²) in [4.78, 5) is 16.9. The van der Waals surface area contributed by atoms with Gasteiger partial charge < -0.3 is 14.8 Å². The number of rotatable bonds is 7. The molecule has 0 atom stereocenters. The molecule has 3 aromatic carbocycles. The predicted octanol–water partition coefficient (Wildman–Crippen LogP) is 6.34. The molecular weight excluding hydrogens is 527 g/mol. The van der Waals surface area contributed by atoms with Crippen LogP contribution in [0, 0.1) is 17.4 Å². The van der Waals surface area contributed by atoms with Crippen LogP contribution in [0.25, 0.3) is 0 Å². The van der Waals surface area contributed by atoms with Crippen molar-refractivity contribution in [2.75, 3.05) is 19.0 Å². The molecule has 0 fully saturated rings. The fraction of sp³-hybridized carbons (Fsp3) is 0.167. The maximum atomic E-state index is 12.3. The number of nitrogens with one attached hydrogen (secondary N) is 1. The molecule has 160 valence electrons. The average Bonchev–Trinajstić information content (AvgIpc) is 2.74. The van der Waals surface area contributed by atoms with Crippen molar-refractivity contribution in [1.82, 2.24) is 0 Å². The van der Waals surface area contributed by atoms with Crippen LogP contribution in [0.3, 0.4) is 0 Å². The fourth-order valence-electron chi connectivity index (χ4n) is 2.81. The number of ether oxygens (including phenoxy) is 2.